The van der Waals surface area contributed by atoms with E-state index < -0.39 is 0 Å². The van der Waals surface area contributed by atoms with E-state index in [1.165, 1.54) is 11.1 Å². The third-order valence-corrected chi connectivity index (χ3v) is 6.81. The maximum absolute atomic E-state index is 6.15. The first kappa shape index (κ1) is 21.2. The van der Waals surface area contributed by atoms with Gasteiger partial charge in [0.1, 0.15) is 6.61 Å². The van der Waals surface area contributed by atoms with Gasteiger partial charge in [-0.1, -0.05) is 36.4 Å². The second kappa shape index (κ2) is 9.05. The number of fused-ring (bicyclic) bond motifs is 1. The standard InChI is InChI=1S/C24H29N5O2S/c1-18-7-3-4-8-19(18)15-27-11-13-28(14-12-27)17-29-24(32)26(2)23(25-29)22-16-30-20-9-5-6-10-21(20)31-22/h3-10,22H,11-17H2,1-2H3. The monoisotopic (exact) mass is 451 g/mol. The number of para-hydroxylation sites is 2. The Hall–Kier alpha value is -2.68. The van der Waals surface area contributed by atoms with Gasteiger partial charge in [0.05, 0.1) is 6.67 Å². The molecule has 5 rings (SSSR count). The van der Waals surface area contributed by atoms with Crippen LogP contribution < -0.4 is 9.47 Å². The summed E-state index contributed by atoms with van der Waals surface area (Å²) in [6.07, 6.45) is -0.274. The summed E-state index contributed by atoms with van der Waals surface area (Å²) in [6.45, 7) is 8.38. The van der Waals surface area contributed by atoms with Gasteiger partial charge in [-0.15, -0.1) is 0 Å². The van der Waals surface area contributed by atoms with Crippen molar-refractivity contribution < 1.29 is 9.47 Å². The average Bonchev–Trinajstić information content (AvgIpc) is 3.10. The molecule has 32 heavy (non-hydrogen) atoms. The molecule has 1 aromatic heterocycles. The summed E-state index contributed by atoms with van der Waals surface area (Å²) < 4.78 is 16.6. The SMILES string of the molecule is Cc1ccccc1CN1CCN(Cn2nc(C3COc4ccccc4O3)n(C)c2=S)CC1. The van der Waals surface area contributed by atoms with Crippen molar-refractivity contribution in [2.45, 2.75) is 26.2 Å². The molecule has 1 saturated heterocycles. The molecule has 1 atom stereocenters. The average molecular weight is 452 g/mol. The minimum atomic E-state index is -0.274. The minimum absolute atomic E-state index is 0.274. The first-order valence-corrected chi connectivity index (χ1v) is 11.5. The van der Waals surface area contributed by atoms with Crippen molar-refractivity contribution in [1.82, 2.24) is 24.1 Å². The summed E-state index contributed by atoms with van der Waals surface area (Å²) in [7, 11) is 1.95. The zero-order chi connectivity index (χ0) is 22.1. The number of piperazine rings is 1. The van der Waals surface area contributed by atoms with E-state index >= 15 is 0 Å². The van der Waals surface area contributed by atoms with Crippen LogP contribution in [0.5, 0.6) is 11.5 Å². The first-order chi connectivity index (χ1) is 15.6. The number of benzene rings is 2. The molecule has 2 aromatic carbocycles. The topological polar surface area (TPSA) is 47.7 Å². The van der Waals surface area contributed by atoms with E-state index in [0.29, 0.717) is 18.0 Å². The van der Waals surface area contributed by atoms with Gasteiger partial charge in [0.25, 0.3) is 0 Å². The molecule has 2 aliphatic rings. The Morgan fingerprint density at radius 3 is 2.44 bits per heavy atom. The van der Waals surface area contributed by atoms with E-state index in [0.717, 1.165) is 50.0 Å². The highest BCUT2D eigenvalue weighted by Gasteiger charge is 2.28. The van der Waals surface area contributed by atoms with Gasteiger partial charge in [-0.3, -0.25) is 9.80 Å². The molecule has 0 radical (unpaired) electrons. The lowest BCUT2D eigenvalue weighted by Gasteiger charge is -2.34. The molecule has 2 aliphatic heterocycles. The Morgan fingerprint density at radius 1 is 0.969 bits per heavy atom. The molecule has 3 aromatic rings. The van der Waals surface area contributed by atoms with Crippen molar-refractivity contribution in [1.29, 1.82) is 0 Å². The molecule has 168 valence electrons. The molecule has 0 saturated carbocycles. The minimum Gasteiger partial charge on any atom is -0.485 e. The summed E-state index contributed by atoms with van der Waals surface area (Å²) in [4.78, 5) is 4.93. The molecule has 0 bridgehead atoms. The van der Waals surface area contributed by atoms with E-state index in [4.69, 9.17) is 26.8 Å². The summed E-state index contributed by atoms with van der Waals surface area (Å²) in [5.74, 6) is 2.31. The molecule has 8 heteroatoms. The Balaban J connectivity index is 1.22. The van der Waals surface area contributed by atoms with Crippen molar-refractivity contribution in [2.24, 2.45) is 7.05 Å². The second-order valence-electron chi connectivity index (χ2n) is 8.53. The van der Waals surface area contributed by atoms with Crippen LogP contribution in [-0.4, -0.2) is 56.9 Å². The Bertz CT molecular complexity index is 1150. The molecule has 1 fully saturated rings. The van der Waals surface area contributed by atoms with Crippen molar-refractivity contribution in [3.8, 4) is 11.5 Å². The number of nitrogens with zero attached hydrogens (tertiary/aromatic N) is 5. The summed E-state index contributed by atoms with van der Waals surface area (Å²) >= 11 is 5.68. The van der Waals surface area contributed by atoms with Crippen LogP contribution in [0.3, 0.4) is 0 Å². The fourth-order valence-corrected chi connectivity index (χ4v) is 4.52. The summed E-state index contributed by atoms with van der Waals surface area (Å²) in [5, 5.41) is 4.81. The lowest BCUT2D eigenvalue weighted by molar-refractivity contribution is 0.0804. The number of hydrogen-bond donors (Lipinski definition) is 0. The molecule has 0 N–H and O–H groups in total. The fourth-order valence-electron chi connectivity index (χ4n) is 4.33. The fraction of sp³-hybridized carbons (Fsp3) is 0.417. The van der Waals surface area contributed by atoms with Crippen LogP contribution in [0.25, 0.3) is 0 Å². The van der Waals surface area contributed by atoms with Crippen LogP contribution in [0.2, 0.25) is 0 Å². The lowest BCUT2D eigenvalue weighted by Crippen LogP contribution is -2.46. The Labute approximate surface area is 193 Å². The van der Waals surface area contributed by atoms with Crippen LogP contribution in [0.15, 0.2) is 48.5 Å². The van der Waals surface area contributed by atoms with Gasteiger partial charge in [0.15, 0.2) is 28.2 Å². The highest BCUT2D eigenvalue weighted by Crippen LogP contribution is 2.35. The number of aromatic nitrogens is 3. The van der Waals surface area contributed by atoms with Crippen LogP contribution in [-0.2, 0) is 20.3 Å². The molecule has 1 unspecified atom stereocenters. The zero-order valence-corrected chi connectivity index (χ0v) is 19.4. The van der Waals surface area contributed by atoms with Gasteiger partial charge in [-0.05, 0) is 42.4 Å². The van der Waals surface area contributed by atoms with E-state index in [1.54, 1.807) is 0 Å². The van der Waals surface area contributed by atoms with Crippen LogP contribution in [0.1, 0.15) is 23.1 Å². The number of rotatable bonds is 5. The maximum atomic E-state index is 6.15. The summed E-state index contributed by atoms with van der Waals surface area (Å²) in [6, 6.07) is 16.4. The van der Waals surface area contributed by atoms with E-state index in [1.807, 2.05) is 40.6 Å². The smallest absolute Gasteiger partial charge is 0.198 e. The van der Waals surface area contributed by atoms with Crippen molar-refractivity contribution in [3.63, 3.8) is 0 Å². The Kier molecular flexibility index (Phi) is 5.99. The largest absolute Gasteiger partial charge is 0.485 e. The summed E-state index contributed by atoms with van der Waals surface area (Å²) in [5.41, 5.74) is 2.77. The highest BCUT2D eigenvalue weighted by atomic mass is 32.1. The van der Waals surface area contributed by atoms with Crippen LogP contribution >= 0.6 is 12.2 Å². The van der Waals surface area contributed by atoms with Gasteiger partial charge in [-0.25, -0.2) is 4.68 Å². The number of aryl methyl sites for hydroxylation is 1. The number of hydrogen-bond acceptors (Lipinski definition) is 6. The molecule has 3 heterocycles. The zero-order valence-electron chi connectivity index (χ0n) is 18.6. The third-order valence-electron chi connectivity index (χ3n) is 6.33. The van der Waals surface area contributed by atoms with Crippen LogP contribution in [0, 0.1) is 11.7 Å². The van der Waals surface area contributed by atoms with Gasteiger partial charge in [0.2, 0.25) is 0 Å². The van der Waals surface area contributed by atoms with E-state index in [9.17, 15) is 0 Å². The molecular formula is C24H29N5O2S. The van der Waals surface area contributed by atoms with Crippen molar-refractivity contribution in [3.05, 3.63) is 70.3 Å². The quantitative estimate of drug-likeness (QED) is 0.553. The maximum Gasteiger partial charge on any atom is 0.198 e. The number of ether oxygens (including phenoxy) is 2. The molecule has 7 nitrogen and oxygen atoms in total. The van der Waals surface area contributed by atoms with Gasteiger partial charge < -0.3 is 14.0 Å². The van der Waals surface area contributed by atoms with Gasteiger partial charge in [-0.2, -0.15) is 5.10 Å². The predicted molar refractivity (Wildman–Crippen MR) is 125 cm³/mol. The molecule has 0 aliphatic carbocycles. The highest BCUT2D eigenvalue weighted by molar-refractivity contribution is 7.71. The normalized spacial score (nSPS) is 19.2. The van der Waals surface area contributed by atoms with Crippen molar-refractivity contribution >= 4 is 12.2 Å². The first-order valence-electron chi connectivity index (χ1n) is 11.1. The van der Waals surface area contributed by atoms with Crippen LogP contribution in [0.4, 0.5) is 0 Å². The molecule has 0 spiro atoms. The Morgan fingerprint density at radius 2 is 1.66 bits per heavy atom. The van der Waals surface area contributed by atoms with E-state index in [-0.39, 0.29) is 6.10 Å². The predicted octanol–water partition coefficient (Wildman–Crippen LogP) is 3.55. The van der Waals surface area contributed by atoms with E-state index in [2.05, 4.69) is 41.0 Å². The molecule has 0 amide bonds. The van der Waals surface area contributed by atoms with Gasteiger partial charge in [0, 0.05) is 39.8 Å². The second-order valence-corrected chi connectivity index (χ2v) is 8.89. The van der Waals surface area contributed by atoms with Crippen molar-refractivity contribution in [2.75, 3.05) is 32.8 Å². The molecular weight excluding hydrogens is 422 g/mol. The lowest BCUT2D eigenvalue weighted by atomic mass is 10.1. The van der Waals surface area contributed by atoms with Gasteiger partial charge >= 0.3 is 0 Å². The third kappa shape index (κ3) is 4.30.